The number of amides is 1. The highest BCUT2D eigenvalue weighted by Gasteiger charge is 2.42. The minimum Gasteiger partial charge on any atom is -0.369 e. The highest BCUT2D eigenvalue weighted by atomic mass is 19.1. The number of fused-ring (bicyclic) bond motifs is 3. The summed E-state index contributed by atoms with van der Waals surface area (Å²) in [6.45, 7) is 7.02. The SMILES string of the molecule is CCCN1CCC2(CCCN(C(=O)c3cn4c(N)nc5c(F)cccc5c4n3)C2)C1. The van der Waals surface area contributed by atoms with E-state index < -0.39 is 5.82 Å². The van der Waals surface area contributed by atoms with Crippen LogP contribution in [0.4, 0.5) is 10.3 Å². The lowest BCUT2D eigenvalue weighted by molar-refractivity contribution is 0.0524. The first kappa shape index (κ1) is 19.2. The van der Waals surface area contributed by atoms with Gasteiger partial charge in [-0.25, -0.2) is 14.4 Å². The Morgan fingerprint density at radius 2 is 2.10 bits per heavy atom. The molecule has 2 saturated heterocycles. The number of carbonyl (C=O) groups is 1. The summed E-state index contributed by atoms with van der Waals surface area (Å²) in [6.07, 6.45) is 6.11. The zero-order valence-corrected chi connectivity index (χ0v) is 17.3. The average molecular weight is 410 g/mol. The molecule has 158 valence electrons. The fourth-order valence-corrected chi connectivity index (χ4v) is 5.24. The van der Waals surface area contributed by atoms with Gasteiger partial charge in [0.1, 0.15) is 22.7 Å². The van der Waals surface area contributed by atoms with Gasteiger partial charge in [-0.1, -0.05) is 13.0 Å². The molecule has 5 rings (SSSR count). The second-order valence-electron chi connectivity index (χ2n) is 8.78. The maximum Gasteiger partial charge on any atom is 0.274 e. The molecular formula is C22H27FN6O. The number of aromatic nitrogens is 3. The molecule has 3 aromatic rings. The fraction of sp³-hybridized carbons (Fsp3) is 0.500. The molecular weight excluding hydrogens is 383 g/mol. The minimum absolute atomic E-state index is 0.0873. The lowest BCUT2D eigenvalue weighted by Gasteiger charge is -2.40. The highest BCUT2D eigenvalue weighted by Crippen LogP contribution is 2.39. The molecule has 1 unspecified atom stereocenters. The zero-order valence-electron chi connectivity index (χ0n) is 17.3. The number of likely N-dealkylation sites (tertiary alicyclic amines) is 2. The number of nitrogens with two attached hydrogens (primary N) is 1. The second kappa shape index (κ2) is 7.19. The summed E-state index contributed by atoms with van der Waals surface area (Å²) >= 11 is 0. The smallest absolute Gasteiger partial charge is 0.274 e. The maximum absolute atomic E-state index is 14.2. The molecule has 0 radical (unpaired) electrons. The van der Waals surface area contributed by atoms with Gasteiger partial charge in [0.05, 0.1) is 0 Å². The third kappa shape index (κ3) is 3.10. The third-order valence-electron chi connectivity index (χ3n) is 6.63. The van der Waals surface area contributed by atoms with Gasteiger partial charge >= 0.3 is 0 Å². The van der Waals surface area contributed by atoms with Gasteiger partial charge in [-0.3, -0.25) is 9.20 Å². The number of para-hydroxylation sites is 1. The largest absolute Gasteiger partial charge is 0.369 e. The molecule has 2 fully saturated rings. The number of carbonyl (C=O) groups excluding carboxylic acids is 1. The number of benzene rings is 1. The van der Waals surface area contributed by atoms with Crippen molar-refractivity contribution in [2.45, 2.75) is 32.6 Å². The number of hydrogen-bond acceptors (Lipinski definition) is 5. The Hall–Kier alpha value is -2.74. The number of halogens is 1. The number of anilines is 1. The zero-order chi connectivity index (χ0) is 20.9. The van der Waals surface area contributed by atoms with Crippen molar-refractivity contribution in [3.8, 4) is 0 Å². The third-order valence-corrected chi connectivity index (χ3v) is 6.63. The van der Waals surface area contributed by atoms with E-state index >= 15 is 0 Å². The Morgan fingerprint density at radius 1 is 1.23 bits per heavy atom. The van der Waals surface area contributed by atoms with Gasteiger partial charge in [0.25, 0.3) is 5.91 Å². The van der Waals surface area contributed by atoms with E-state index in [0.717, 1.165) is 52.0 Å². The van der Waals surface area contributed by atoms with Crippen molar-refractivity contribution >= 4 is 28.4 Å². The van der Waals surface area contributed by atoms with Crippen LogP contribution in [-0.4, -0.2) is 62.8 Å². The van der Waals surface area contributed by atoms with Crippen molar-refractivity contribution in [1.29, 1.82) is 0 Å². The molecule has 2 N–H and O–H groups in total. The first-order valence-corrected chi connectivity index (χ1v) is 10.7. The molecule has 0 aliphatic carbocycles. The lowest BCUT2D eigenvalue weighted by atomic mass is 9.79. The van der Waals surface area contributed by atoms with Crippen molar-refractivity contribution in [3.05, 3.63) is 35.9 Å². The van der Waals surface area contributed by atoms with Gasteiger partial charge in [-0.05, 0) is 50.9 Å². The summed E-state index contributed by atoms with van der Waals surface area (Å²) in [7, 11) is 0. The molecule has 30 heavy (non-hydrogen) atoms. The van der Waals surface area contributed by atoms with E-state index in [-0.39, 0.29) is 22.8 Å². The summed E-state index contributed by atoms with van der Waals surface area (Å²) in [5.74, 6) is -0.417. The maximum atomic E-state index is 14.2. The van der Waals surface area contributed by atoms with Gasteiger partial charge in [0, 0.05) is 36.6 Å². The quantitative estimate of drug-likeness (QED) is 0.718. The molecule has 2 aromatic heterocycles. The fourth-order valence-electron chi connectivity index (χ4n) is 5.24. The topological polar surface area (TPSA) is 79.8 Å². The van der Waals surface area contributed by atoms with Crippen LogP contribution in [0.3, 0.4) is 0 Å². The Morgan fingerprint density at radius 3 is 2.93 bits per heavy atom. The van der Waals surface area contributed by atoms with Crippen LogP contribution in [-0.2, 0) is 0 Å². The van der Waals surface area contributed by atoms with Gasteiger partial charge in [-0.2, -0.15) is 0 Å². The molecule has 1 amide bonds. The molecule has 1 spiro atoms. The van der Waals surface area contributed by atoms with Crippen LogP contribution < -0.4 is 5.73 Å². The second-order valence-corrected chi connectivity index (χ2v) is 8.78. The molecule has 2 aliphatic heterocycles. The molecule has 0 saturated carbocycles. The summed E-state index contributed by atoms with van der Waals surface area (Å²) in [5, 5.41) is 0.546. The molecule has 8 heteroatoms. The monoisotopic (exact) mass is 410 g/mol. The average Bonchev–Trinajstić information content (AvgIpc) is 3.34. The van der Waals surface area contributed by atoms with Gasteiger partial charge < -0.3 is 15.5 Å². The van der Waals surface area contributed by atoms with Gasteiger partial charge in [0.15, 0.2) is 0 Å². The highest BCUT2D eigenvalue weighted by molar-refractivity contribution is 5.97. The van der Waals surface area contributed by atoms with E-state index in [2.05, 4.69) is 21.8 Å². The number of imidazole rings is 1. The molecule has 1 atom stereocenters. The van der Waals surface area contributed by atoms with Crippen LogP contribution in [0.15, 0.2) is 24.4 Å². The van der Waals surface area contributed by atoms with Crippen LogP contribution in [0, 0.1) is 11.2 Å². The van der Waals surface area contributed by atoms with E-state index in [9.17, 15) is 9.18 Å². The summed E-state index contributed by atoms with van der Waals surface area (Å²) in [5.41, 5.74) is 7.20. The Kier molecular flexibility index (Phi) is 4.61. The number of hydrogen-bond donors (Lipinski definition) is 1. The van der Waals surface area contributed by atoms with Crippen molar-refractivity contribution in [2.75, 3.05) is 38.5 Å². The molecule has 2 aliphatic rings. The number of nitrogen functional groups attached to an aromatic ring is 1. The summed E-state index contributed by atoms with van der Waals surface area (Å²) < 4.78 is 15.7. The van der Waals surface area contributed by atoms with Crippen LogP contribution in [0.25, 0.3) is 16.6 Å². The predicted molar refractivity (Wildman–Crippen MR) is 114 cm³/mol. The van der Waals surface area contributed by atoms with E-state index in [0.29, 0.717) is 16.7 Å². The normalized spacial score (nSPS) is 22.5. The predicted octanol–water partition coefficient (Wildman–Crippen LogP) is 2.94. The van der Waals surface area contributed by atoms with E-state index in [1.807, 2.05) is 4.90 Å². The first-order chi connectivity index (χ1) is 14.5. The number of rotatable bonds is 3. The van der Waals surface area contributed by atoms with Crippen LogP contribution >= 0.6 is 0 Å². The Labute approximate surface area is 174 Å². The lowest BCUT2D eigenvalue weighted by Crippen LogP contribution is -2.47. The van der Waals surface area contributed by atoms with Gasteiger partial charge in [-0.15, -0.1) is 0 Å². The summed E-state index contributed by atoms with van der Waals surface area (Å²) in [6, 6.07) is 4.71. The van der Waals surface area contributed by atoms with E-state index in [1.54, 1.807) is 22.7 Å². The number of piperidine rings is 1. The Bertz CT molecular complexity index is 1130. The molecule has 4 heterocycles. The van der Waals surface area contributed by atoms with Crippen LogP contribution in [0.5, 0.6) is 0 Å². The van der Waals surface area contributed by atoms with Crippen LogP contribution in [0.1, 0.15) is 43.1 Å². The Balaban J connectivity index is 1.46. The molecule has 1 aromatic carbocycles. The van der Waals surface area contributed by atoms with Crippen molar-refractivity contribution < 1.29 is 9.18 Å². The molecule has 0 bridgehead atoms. The van der Waals surface area contributed by atoms with E-state index in [1.165, 1.54) is 12.5 Å². The van der Waals surface area contributed by atoms with Crippen molar-refractivity contribution in [3.63, 3.8) is 0 Å². The summed E-state index contributed by atoms with van der Waals surface area (Å²) in [4.78, 5) is 26.5. The minimum atomic E-state index is -0.451. The van der Waals surface area contributed by atoms with E-state index in [4.69, 9.17) is 5.73 Å². The first-order valence-electron chi connectivity index (χ1n) is 10.7. The van der Waals surface area contributed by atoms with Gasteiger partial charge in [0.2, 0.25) is 5.95 Å². The standard InChI is InChI=1S/C22H27FN6O/c1-2-9-27-11-8-22(13-27)7-4-10-28(14-22)20(30)17-12-29-19(25-17)15-5-3-6-16(23)18(15)26-21(29)24/h3,5-6,12H,2,4,7-11,13-14H2,1H3,(H2,24,26). The van der Waals surface area contributed by atoms with Crippen molar-refractivity contribution in [2.24, 2.45) is 5.41 Å². The van der Waals surface area contributed by atoms with Crippen molar-refractivity contribution in [1.82, 2.24) is 24.2 Å². The van der Waals surface area contributed by atoms with Crippen LogP contribution in [0.2, 0.25) is 0 Å². The number of nitrogens with zero attached hydrogens (tertiary/aromatic N) is 5. The molecule has 7 nitrogen and oxygen atoms in total.